The largest absolute Gasteiger partial charge is 0.489 e. The van der Waals surface area contributed by atoms with Crippen LogP contribution in [-0.2, 0) is 16.1 Å². The van der Waals surface area contributed by atoms with Crippen molar-refractivity contribution in [2.24, 2.45) is 4.99 Å². The average molecular weight is 449 g/mol. The van der Waals surface area contributed by atoms with Crippen LogP contribution in [0.4, 0.5) is 5.69 Å². The number of nitro groups is 1. The van der Waals surface area contributed by atoms with Gasteiger partial charge in [0.25, 0.3) is 5.69 Å². The van der Waals surface area contributed by atoms with E-state index >= 15 is 0 Å². The third-order valence-corrected chi connectivity index (χ3v) is 4.99. The molecule has 0 atom stereocenters. The lowest BCUT2D eigenvalue weighted by molar-refractivity contribution is -0.385. The number of rotatable bonds is 6. The minimum Gasteiger partial charge on any atom is -0.489 e. The van der Waals surface area contributed by atoms with Gasteiger partial charge in [-0.2, -0.15) is 0 Å². The number of benzene rings is 3. The van der Waals surface area contributed by atoms with Gasteiger partial charge in [-0.3, -0.25) is 10.1 Å². The van der Waals surface area contributed by atoms with E-state index in [0.29, 0.717) is 28.5 Å². The van der Waals surface area contributed by atoms with Gasteiger partial charge in [-0.15, -0.1) is 0 Å². The van der Waals surface area contributed by atoms with Gasteiger partial charge in [-0.1, -0.05) is 41.9 Å². The SMILES string of the molecule is Cc1ccc(C2=N/C(=C\c3ccc(OCc4cccc(Cl)c4)cc3)C(=O)O2)cc1[N+](=O)[O-]. The predicted octanol–water partition coefficient (Wildman–Crippen LogP) is 5.48. The fourth-order valence-corrected chi connectivity index (χ4v) is 3.30. The van der Waals surface area contributed by atoms with E-state index in [2.05, 4.69) is 4.99 Å². The monoisotopic (exact) mass is 448 g/mol. The van der Waals surface area contributed by atoms with Crippen molar-refractivity contribution in [3.8, 4) is 5.75 Å². The van der Waals surface area contributed by atoms with Gasteiger partial charge in [0, 0.05) is 22.2 Å². The first-order valence-electron chi connectivity index (χ1n) is 9.64. The zero-order chi connectivity index (χ0) is 22.7. The van der Waals surface area contributed by atoms with Crippen LogP contribution in [0.2, 0.25) is 5.02 Å². The van der Waals surface area contributed by atoms with E-state index in [1.54, 1.807) is 55.5 Å². The summed E-state index contributed by atoms with van der Waals surface area (Å²) in [5.41, 5.74) is 2.60. The molecule has 0 aliphatic carbocycles. The molecule has 160 valence electrons. The summed E-state index contributed by atoms with van der Waals surface area (Å²) < 4.78 is 11.0. The zero-order valence-electron chi connectivity index (χ0n) is 16.9. The number of ether oxygens (including phenoxy) is 2. The summed E-state index contributed by atoms with van der Waals surface area (Å²) in [6.45, 7) is 2.02. The van der Waals surface area contributed by atoms with Crippen molar-refractivity contribution in [2.75, 3.05) is 0 Å². The van der Waals surface area contributed by atoms with Gasteiger partial charge >= 0.3 is 5.97 Å². The van der Waals surface area contributed by atoms with Gasteiger partial charge in [0.2, 0.25) is 5.90 Å². The summed E-state index contributed by atoms with van der Waals surface area (Å²) in [6, 6.07) is 19.1. The number of hydrogen-bond acceptors (Lipinski definition) is 6. The van der Waals surface area contributed by atoms with E-state index in [1.807, 2.05) is 18.2 Å². The standard InChI is InChI=1S/C24H17ClN2O5/c1-15-5-8-18(13-22(15)27(29)30)23-26-21(24(28)32-23)12-16-6-9-20(10-7-16)31-14-17-3-2-4-19(25)11-17/h2-13H,14H2,1H3/b21-12-. The van der Waals surface area contributed by atoms with Crippen LogP contribution >= 0.6 is 11.6 Å². The Kier molecular flexibility index (Phi) is 6.00. The minimum atomic E-state index is -0.621. The highest BCUT2D eigenvalue weighted by Crippen LogP contribution is 2.25. The molecule has 0 unspecified atom stereocenters. The Morgan fingerprint density at radius 2 is 1.91 bits per heavy atom. The van der Waals surface area contributed by atoms with Gasteiger partial charge < -0.3 is 9.47 Å². The fraction of sp³-hybridized carbons (Fsp3) is 0.0833. The number of nitrogens with zero attached hydrogens (tertiary/aromatic N) is 2. The van der Waals surface area contributed by atoms with Crippen LogP contribution in [0.1, 0.15) is 22.3 Å². The number of halogens is 1. The van der Waals surface area contributed by atoms with Crippen LogP contribution < -0.4 is 4.74 Å². The minimum absolute atomic E-state index is 0.0332. The molecule has 1 heterocycles. The first-order valence-corrected chi connectivity index (χ1v) is 10.0. The second-order valence-electron chi connectivity index (χ2n) is 7.08. The molecule has 0 N–H and O–H groups in total. The number of carbonyl (C=O) groups excluding carboxylic acids is 1. The van der Waals surface area contributed by atoms with Crippen molar-refractivity contribution in [1.82, 2.24) is 0 Å². The van der Waals surface area contributed by atoms with E-state index in [4.69, 9.17) is 21.1 Å². The third kappa shape index (κ3) is 4.84. The maximum absolute atomic E-state index is 12.2. The van der Waals surface area contributed by atoms with Crippen molar-refractivity contribution >= 4 is 35.2 Å². The fourth-order valence-electron chi connectivity index (χ4n) is 3.08. The van der Waals surface area contributed by atoms with E-state index in [-0.39, 0.29) is 17.3 Å². The molecule has 0 aromatic heterocycles. The first kappa shape index (κ1) is 21.3. The maximum atomic E-state index is 12.2. The predicted molar refractivity (Wildman–Crippen MR) is 121 cm³/mol. The smallest absolute Gasteiger partial charge is 0.363 e. The Labute approximate surface area is 188 Å². The van der Waals surface area contributed by atoms with Crippen molar-refractivity contribution in [2.45, 2.75) is 13.5 Å². The molecule has 4 rings (SSSR count). The summed E-state index contributed by atoms with van der Waals surface area (Å²) in [5, 5.41) is 11.8. The van der Waals surface area contributed by atoms with Crippen molar-refractivity contribution in [3.63, 3.8) is 0 Å². The molecule has 0 radical (unpaired) electrons. The van der Waals surface area contributed by atoms with Crippen LogP contribution in [0.15, 0.2) is 77.4 Å². The molecule has 8 heteroatoms. The lowest BCUT2D eigenvalue weighted by atomic mass is 10.1. The molecular formula is C24H17ClN2O5. The molecule has 7 nitrogen and oxygen atoms in total. The highest BCUT2D eigenvalue weighted by atomic mass is 35.5. The molecule has 3 aromatic carbocycles. The Hall–Kier alpha value is -3.97. The van der Waals surface area contributed by atoms with Crippen molar-refractivity contribution in [3.05, 3.63) is 110 Å². The summed E-state index contributed by atoms with van der Waals surface area (Å²) in [4.78, 5) is 27.1. The van der Waals surface area contributed by atoms with Gasteiger partial charge in [0.05, 0.1) is 4.92 Å². The third-order valence-electron chi connectivity index (χ3n) is 4.75. The van der Waals surface area contributed by atoms with Crippen LogP contribution in [0.5, 0.6) is 5.75 Å². The number of aliphatic imine (C=N–C) groups is 1. The topological polar surface area (TPSA) is 91.0 Å². The molecular weight excluding hydrogens is 432 g/mol. The quantitative estimate of drug-likeness (QED) is 0.215. The zero-order valence-corrected chi connectivity index (χ0v) is 17.7. The van der Waals surface area contributed by atoms with Gasteiger partial charge in [-0.05, 0) is 54.5 Å². The molecule has 0 fully saturated rings. The van der Waals surface area contributed by atoms with Crippen LogP contribution in [0, 0.1) is 17.0 Å². The summed E-state index contributed by atoms with van der Waals surface area (Å²) >= 11 is 5.98. The highest BCUT2D eigenvalue weighted by Gasteiger charge is 2.25. The molecule has 0 amide bonds. The lowest BCUT2D eigenvalue weighted by Gasteiger charge is -2.07. The van der Waals surface area contributed by atoms with E-state index in [9.17, 15) is 14.9 Å². The summed E-state index contributed by atoms with van der Waals surface area (Å²) in [7, 11) is 0. The molecule has 0 saturated heterocycles. The van der Waals surface area contributed by atoms with E-state index in [0.717, 1.165) is 11.1 Å². The molecule has 1 aliphatic rings. The van der Waals surface area contributed by atoms with Crippen molar-refractivity contribution < 1.29 is 19.2 Å². The maximum Gasteiger partial charge on any atom is 0.363 e. The summed E-state index contributed by atoms with van der Waals surface area (Å²) in [5.74, 6) is 0.0765. The number of esters is 1. The highest BCUT2D eigenvalue weighted by molar-refractivity contribution is 6.30. The molecule has 0 bridgehead atoms. The van der Waals surface area contributed by atoms with Gasteiger partial charge in [0.15, 0.2) is 5.70 Å². The first-order chi connectivity index (χ1) is 15.4. The van der Waals surface area contributed by atoms with Crippen LogP contribution in [-0.4, -0.2) is 16.8 Å². The molecule has 1 aliphatic heterocycles. The summed E-state index contributed by atoms with van der Waals surface area (Å²) in [6.07, 6.45) is 1.58. The number of aryl methyl sites for hydroxylation is 1. The van der Waals surface area contributed by atoms with E-state index < -0.39 is 10.9 Å². The molecule has 0 spiro atoms. The Morgan fingerprint density at radius 1 is 1.12 bits per heavy atom. The second-order valence-corrected chi connectivity index (χ2v) is 7.52. The second kappa shape index (κ2) is 9.03. The molecule has 0 saturated carbocycles. The Morgan fingerprint density at radius 3 is 2.62 bits per heavy atom. The number of hydrogen-bond donors (Lipinski definition) is 0. The Bertz CT molecular complexity index is 1270. The molecule has 3 aromatic rings. The molecule has 32 heavy (non-hydrogen) atoms. The lowest BCUT2D eigenvalue weighted by Crippen LogP contribution is -2.06. The Balaban J connectivity index is 1.48. The number of carbonyl (C=O) groups is 1. The van der Waals surface area contributed by atoms with Crippen molar-refractivity contribution in [1.29, 1.82) is 0 Å². The van der Waals surface area contributed by atoms with Crippen LogP contribution in [0.25, 0.3) is 6.08 Å². The van der Waals surface area contributed by atoms with E-state index in [1.165, 1.54) is 6.07 Å². The average Bonchev–Trinajstić information content (AvgIpc) is 3.13. The van der Waals surface area contributed by atoms with Crippen LogP contribution in [0.3, 0.4) is 0 Å². The van der Waals surface area contributed by atoms with Gasteiger partial charge in [0.1, 0.15) is 12.4 Å². The number of cyclic esters (lactones) is 1. The van der Waals surface area contributed by atoms with Gasteiger partial charge in [-0.25, -0.2) is 9.79 Å². The normalized spacial score (nSPS) is 14.2. The number of nitro benzene ring substituents is 1.